The van der Waals surface area contributed by atoms with Gasteiger partial charge in [-0.05, 0) is 24.3 Å². The summed E-state index contributed by atoms with van der Waals surface area (Å²) in [6.07, 6.45) is 1.68. The fourth-order valence-corrected chi connectivity index (χ4v) is 1.35. The van der Waals surface area contributed by atoms with Gasteiger partial charge in [-0.2, -0.15) is 0 Å². The number of rotatable bonds is 1. The molecule has 0 spiro atoms. The largest absolute Gasteiger partial charge is 0.361 e. The fourth-order valence-electron chi connectivity index (χ4n) is 1.35. The minimum atomic E-state index is -1.01. The van der Waals surface area contributed by atoms with Gasteiger partial charge in [0.1, 0.15) is 0 Å². The van der Waals surface area contributed by atoms with Gasteiger partial charge < -0.3 is 11.1 Å². The van der Waals surface area contributed by atoms with Crippen LogP contribution in [0, 0.1) is 0 Å². The molecule has 0 unspecified atom stereocenters. The number of fused-ring (bicyclic) bond motifs is 1. The summed E-state index contributed by atoms with van der Waals surface area (Å²) in [5.41, 5.74) is 6.17. The zero-order valence-corrected chi connectivity index (χ0v) is 8.31. The topological polar surface area (TPSA) is 85.1 Å². The number of nitrogens with one attached hydrogen (secondary N) is 1. The van der Waals surface area contributed by atoms with Crippen molar-refractivity contribution in [1.29, 1.82) is 0 Å². The summed E-state index contributed by atoms with van der Waals surface area (Å²) in [5, 5.41) is 3.27. The quantitative estimate of drug-likeness (QED) is 0.685. The molecule has 16 heavy (non-hydrogen) atoms. The Balaban J connectivity index is 2.33. The molecule has 1 aromatic heterocycles. The average molecular weight is 215 g/mol. The first-order chi connectivity index (χ1) is 7.66. The average Bonchev–Trinajstić information content (AvgIpc) is 2.28. The van der Waals surface area contributed by atoms with Gasteiger partial charge in [0, 0.05) is 17.3 Å². The molecule has 5 heteroatoms. The van der Waals surface area contributed by atoms with E-state index in [9.17, 15) is 9.59 Å². The molecular weight excluding hydrogens is 206 g/mol. The SMILES string of the molecule is NC(=O)C(=O)Nc1ccc2ncccc2c1. The molecule has 2 amide bonds. The minimum absolute atomic E-state index is 0.518. The summed E-state index contributed by atoms with van der Waals surface area (Å²) in [4.78, 5) is 25.7. The van der Waals surface area contributed by atoms with Crippen LogP contribution < -0.4 is 11.1 Å². The standard InChI is InChI=1S/C11H9N3O2/c12-10(15)11(16)14-8-3-4-9-7(6-8)2-1-5-13-9/h1-6H,(H2,12,15)(H,14,16). The van der Waals surface area contributed by atoms with Crippen molar-refractivity contribution in [1.82, 2.24) is 4.98 Å². The van der Waals surface area contributed by atoms with Crippen LogP contribution in [0.15, 0.2) is 36.5 Å². The van der Waals surface area contributed by atoms with Crippen LogP contribution in [0.2, 0.25) is 0 Å². The molecule has 0 saturated heterocycles. The summed E-state index contributed by atoms with van der Waals surface area (Å²) in [7, 11) is 0. The Morgan fingerprint density at radius 3 is 2.81 bits per heavy atom. The van der Waals surface area contributed by atoms with E-state index in [0.29, 0.717) is 5.69 Å². The number of carbonyl (C=O) groups excluding carboxylic acids is 2. The predicted octanol–water partition coefficient (Wildman–Crippen LogP) is 0.659. The molecule has 3 N–H and O–H groups in total. The van der Waals surface area contributed by atoms with E-state index in [-0.39, 0.29) is 0 Å². The van der Waals surface area contributed by atoms with E-state index >= 15 is 0 Å². The summed E-state index contributed by atoms with van der Waals surface area (Å²) < 4.78 is 0. The molecule has 0 saturated carbocycles. The molecule has 0 aliphatic carbocycles. The predicted molar refractivity (Wildman–Crippen MR) is 59.6 cm³/mol. The molecule has 2 aromatic rings. The maximum atomic E-state index is 11.0. The van der Waals surface area contributed by atoms with Crippen molar-refractivity contribution in [3.63, 3.8) is 0 Å². The van der Waals surface area contributed by atoms with E-state index in [0.717, 1.165) is 10.9 Å². The first-order valence-corrected chi connectivity index (χ1v) is 4.62. The maximum absolute atomic E-state index is 11.0. The number of benzene rings is 1. The zero-order valence-electron chi connectivity index (χ0n) is 8.31. The van der Waals surface area contributed by atoms with Crippen molar-refractivity contribution < 1.29 is 9.59 Å². The van der Waals surface area contributed by atoms with Gasteiger partial charge in [-0.3, -0.25) is 14.6 Å². The number of nitrogens with two attached hydrogens (primary N) is 1. The van der Waals surface area contributed by atoms with Crippen LogP contribution in [-0.4, -0.2) is 16.8 Å². The van der Waals surface area contributed by atoms with Crippen LogP contribution in [0.1, 0.15) is 0 Å². The van der Waals surface area contributed by atoms with Crippen molar-refractivity contribution in [3.05, 3.63) is 36.5 Å². The van der Waals surface area contributed by atoms with Gasteiger partial charge in [0.25, 0.3) is 0 Å². The van der Waals surface area contributed by atoms with Crippen molar-refractivity contribution in [2.45, 2.75) is 0 Å². The normalized spacial score (nSPS) is 10.0. The van der Waals surface area contributed by atoms with Crippen LogP contribution in [-0.2, 0) is 9.59 Å². The first kappa shape index (κ1) is 10.1. The summed E-state index contributed by atoms with van der Waals surface area (Å²) in [5.74, 6) is -1.84. The van der Waals surface area contributed by atoms with E-state index in [2.05, 4.69) is 10.3 Å². The molecule has 0 radical (unpaired) electrons. The van der Waals surface area contributed by atoms with Gasteiger partial charge in [0.2, 0.25) is 0 Å². The van der Waals surface area contributed by atoms with Gasteiger partial charge >= 0.3 is 11.8 Å². The number of primary amides is 1. The van der Waals surface area contributed by atoms with Crippen LogP contribution in [0.3, 0.4) is 0 Å². The number of carbonyl (C=O) groups is 2. The number of amides is 2. The highest BCUT2D eigenvalue weighted by Gasteiger charge is 2.08. The minimum Gasteiger partial charge on any atom is -0.361 e. The van der Waals surface area contributed by atoms with Crippen LogP contribution >= 0.6 is 0 Å². The highest BCUT2D eigenvalue weighted by Crippen LogP contribution is 2.16. The Morgan fingerprint density at radius 1 is 1.25 bits per heavy atom. The van der Waals surface area contributed by atoms with Crippen molar-refractivity contribution in [3.8, 4) is 0 Å². The number of aromatic nitrogens is 1. The lowest BCUT2D eigenvalue weighted by molar-refractivity contribution is -0.134. The highest BCUT2D eigenvalue weighted by atomic mass is 16.2. The molecule has 2 rings (SSSR count). The third-order valence-corrected chi connectivity index (χ3v) is 2.08. The van der Waals surface area contributed by atoms with Gasteiger partial charge in [0.05, 0.1) is 5.52 Å². The number of anilines is 1. The molecule has 1 aromatic carbocycles. The molecule has 0 aliphatic heterocycles. The van der Waals surface area contributed by atoms with Crippen molar-refractivity contribution in [2.75, 3.05) is 5.32 Å². The Labute approximate surface area is 91.3 Å². The lowest BCUT2D eigenvalue weighted by atomic mass is 10.2. The van der Waals surface area contributed by atoms with Gasteiger partial charge in [-0.25, -0.2) is 0 Å². The number of pyridine rings is 1. The highest BCUT2D eigenvalue weighted by molar-refractivity contribution is 6.39. The zero-order chi connectivity index (χ0) is 11.5. The van der Waals surface area contributed by atoms with E-state index < -0.39 is 11.8 Å². The van der Waals surface area contributed by atoms with Crippen molar-refractivity contribution >= 4 is 28.4 Å². The van der Waals surface area contributed by atoms with Gasteiger partial charge in [0.15, 0.2) is 0 Å². The Kier molecular flexibility index (Phi) is 2.51. The van der Waals surface area contributed by atoms with E-state index in [4.69, 9.17) is 5.73 Å². The second-order valence-electron chi connectivity index (χ2n) is 3.23. The molecule has 0 aliphatic rings. The smallest absolute Gasteiger partial charge is 0.313 e. The number of hydrogen-bond acceptors (Lipinski definition) is 3. The monoisotopic (exact) mass is 215 g/mol. The van der Waals surface area contributed by atoms with Crippen LogP contribution in [0.25, 0.3) is 10.9 Å². The van der Waals surface area contributed by atoms with E-state index in [1.54, 1.807) is 30.5 Å². The third-order valence-electron chi connectivity index (χ3n) is 2.08. The molecular formula is C11H9N3O2. The molecule has 0 fully saturated rings. The maximum Gasteiger partial charge on any atom is 0.313 e. The summed E-state index contributed by atoms with van der Waals surface area (Å²) in [6, 6.07) is 8.80. The van der Waals surface area contributed by atoms with Crippen molar-refractivity contribution in [2.24, 2.45) is 5.73 Å². The lowest BCUT2D eigenvalue weighted by Crippen LogP contribution is -2.29. The second-order valence-corrected chi connectivity index (χ2v) is 3.23. The number of hydrogen-bond donors (Lipinski definition) is 2. The first-order valence-electron chi connectivity index (χ1n) is 4.62. The Hall–Kier alpha value is -2.43. The van der Waals surface area contributed by atoms with Gasteiger partial charge in [-0.1, -0.05) is 6.07 Å². The van der Waals surface area contributed by atoms with Gasteiger partial charge in [-0.15, -0.1) is 0 Å². The third kappa shape index (κ3) is 1.98. The Bertz CT molecular complexity index is 566. The molecule has 0 bridgehead atoms. The molecule has 5 nitrogen and oxygen atoms in total. The summed E-state index contributed by atoms with van der Waals surface area (Å²) in [6.45, 7) is 0. The van der Waals surface area contributed by atoms with E-state index in [1.165, 1.54) is 0 Å². The summed E-state index contributed by atoms with van der Waals surface area (Å²) >= 11 is 0. The van der Waals surface area contributed by atoms with Crippen LogP contribution in [0.5, 0.6) is 0 Å². The lowest BCUT2D eigenvalue weighted by Gasteiger charge is -2.03. The molecule has 80 valence electrons. The second kappa shape index (κ2) is 3.98. The van der Waals surface area contributed by atoms with Crippen LogP contribution in [0.4, 0.5) is 5.69 Å². The molecule has 1 heterocycles. The van der Waals surface area contributed by atoms with E-state index in [1.807, 2.05) is 6.07 Å². The number of nitrogens with zero attached hydrogens (tertiary/aromatic N) is 1. The fraction of sp³-hybridized carbons (Fsp3) is 0. The Morgan fingerprint density at radius 2 is 2.06 bits per heavy atom. The molecule has 0 atom stereocenters.